The number of rotatable bonds is 4. The second-order valence-electron chi connectivity index (χ2n) is 10.6. The highest BCUT2D eigenvalue weighted by atomic mass is 16.2. The summed E-state index contributed by atoms with van der Waals surface area (Å²) in [7, 11) is 5.51. The number of amides is 2. The van der Waals surface area contributed by atoms with Crippen molar-refractivity contribution >= 4 is 39.8 Å². The van der Waals surface area contributed by atoms with Crippen molar-refractivity contribution in [3.63, 3.8) is 0 Å². The molecule has 0 atom stereocenters. The van der Waals surface area contributed by atoms with E-state index in [2.05, 4.69) is 34.4 Å². The van der Waals surface area contributed by atoms with Crippen LogP contribution in [0.2, 0.25) is 0 Å². The first-order chi connectivity index (χ1) is 18.8. The van der Waals surface area contributed by atoms with Crippen LogP contribution in [0.1, 0.15) is 28.0 Å². The number of benzene rings is 2. The number of likely N-dealkylation sites (N-methyl/N-ethyl adjacent to an activating group) is 1. The first-order valence-electron chi connectivity index (χ1n) is 13.4. The number of nitrogens with zero attached hydrogens (tertiary/aromatic N) is 6. The number of anilines is 3. The van der Waals surface area contributed by atoms with Gasteiger partial charge in [-0.05, 0) is 85.3 Å². The molecular formula is C30H33N7O2. The Morgan fingerprint density at radius 3 is 2.62 bits per heavy atom. The minimum Gasteiger partial charge on any atom is -0.354 e. The summed E-state index contributed by atoms with van der Waals surface area (Å²) < 4.78 is 1.82. The molecule has 0 spiro atoms. The minimum absolute atomic E-state index is 0.0776. The highest BCUT2D eigenvalue weighted by molar-refractivity contribution is 6.04. The Kier molecular flexibility index (Phi) is 6.31. The second kappa shape index (κ2) is 9.81. The van der Waals surface area contributed by atoms with Gasteiger partial charge in [-0.15, -0.1) is 0 Å². The third-order valence-electron chi connectivity index (χ3n) is 7.79. The molecule has 9 nitrogen and oxygen atoms in total. The van der Waals surface area contributed by atoms with Crippen molar-refractivity contribution in [3.05, 3.63) is 65.6 Å². The van der Waals surface area contributed by atoms with Crippen molar-refractivity contribution in [1.82, 2.24) is 25.0 Å². The third kappa shape index (κ3) is 4.52. The number of aryl methyl sites for hydroxylation is 3. The molecule has 9 heteroatoms. The van der Waals surface area contributed by atoms with Crippen molar-refractivity contribution in [3.8, 4) is 11.1 Å². The lowest BCUT2D eigenvalue weighted by molar-refractivity contribution is -0.120. The smallest absolute Gasteiger partial charge is 0.269 e. The molecule has 2 aromatic heterocycles. The van der Waals surface area contributed by atoms with Crippen LogP contribution >= 0.6 is 0 Å². The van der Waals surface area contributed by atoms with Gasteiger partial charge in [-0.3, -0.25) is 19.2 Å². The molecule has 0 radical (unpaired) electrons. The Balaban J connectivity index is 1.47. The molecule has 200 valence electrons. The Hall–Kier alpha value is -4.24. The molecule has 2 amide bonds. The van der Waals surface area contributed by atoms with Gasteiger partial charge in [-0.2, -0.15) is 5.10 Å². The van der Waals surface area contributed by atoms with Gasteiger partial charge in [0, 0.05) is 62.3 Å². The Bertz CT molecular complexity index is 1610. The molecule has 2 aromatic carbocycles. The highest BCUT2D eigenvalue weighted by Gasteiger charge is 2.26. The SMILES string of the molecule is CNC(=O)c1cc2cc(N3CCN(C)CC3=O)ccc2c(N2CCCc3cc(-c4cnn(C)c4)c(C)cc32)n1. The number of aromatic nitrogens is 3. The standard InChI is InChI=1S/C30H33N7O2/c1-19-12-27-20(14-25(19)22-16-32-35(4)17-22)6-5-9-37(27)29-24-8-7-23(36-11-10-34(3)18-28(36)38)13-21(24)15-26(33-29)30(39)31-2/h7-8,12-17H,5-6,9-11,18H2,1-4H3,(H,31,39). The van der Waals surface area contributed by atoms with Crippen LogP contribution in [0.4, 0.5) is 17.2 Å². The van der Waals surface area contributed by atoms with E-state index in [9.17, 15) is 9.59 Å². The van der Waals surface area contributed by atoms with Crippen molar-refractivity contribution in [2.24, 2.45) is 7.05 Å². The molecule has 2 aliphatic rings. The van der Waals surface area contributed by atoms with E-state index in [1.807, 2.05) is 65.2 Å². The summed E-state index contributed by atoms with van der Waals surface area (Å²) in [6.45, 7) is 4.78. The van der Waals surface area contributed by atoms with E-state index >= 15 is 0 Å². The van der Waals surface area contributed by atoms with Gasteiger partial charge in [0.15, 0.2) is 0 Å². The molecule has 0 unspecified atom stereocenters. The van der Waals surface area contributed by atoms with Crippen LogP contribution in [-0.2, 0) is 18.3 Å². The Morgan fingerprint density at radius 1 is 1.03 bits per heavy atom. The van der Waals surface area contributed by atoms with E-state index in [1.165, 1.54) is 11.1 Å². The first-order valence-corrected chi connectivity index (χ1v) is 13.4. The quantitative estimate of drug-likeness (QED) is 0.439. The molecule has 1 saturated heterocycles. The zero-order valence-corrected chi connectivity index (χ0v) is 22.9. The maximum atomic E-state index is 12.8. The maximum Gasteiger partial charge on any atom is 0.269 e. The first kappa shape index (κ1) is 25.1. The van der Waals surface area contributed by atoms with Gasteiger partial charge in [0.2, 0.25) is 5.91 Å². The van der Waals surface area contributed by atoms with E-state index in [1.54, 1.807) is 7.05 Å². The summed E-state index contributed by atoms with van der Waals surface area (Å²) in [6.07, 6.45) is 5.89. The normalized spacial score (nSPS) is 16.1. The summed E-state index contributed by atoms with van der Waals surface area (Å²) in [6, 6.07) is 12.4. The molecule has 0 bridgehead atoms. The fourth-order valence-corrected chi connectivity index (χ4v) is 5.74. The van der Waals surface area contributed by atoms with E-state index < -0.39 is 0 Å². The summed E-state index contributed by atoms with van der Waals surface area (Å²) in [5, 5.41) is 8.92. The molecular weight excluding hydrogens is 490 g/mol. The Labute approximate surface area is 228 Å². The number of hydrogen-bond acceptors (Lipinski definition) is 6. The van der Waals surface area contributed by atoms with Crippen LogP contribution in [0.15, 0.2) is 48.8 Å². The molecule has 39 heavy (non-hydrogen) atoms. The molecule has 4 heterocycles. The molecule has 2 aliphatic heterocycles. The second-order valence-corrected chi connectivity index (χ2v) is 10.6. The summed E-state index contributed by atoms with van der Waals surface area (Å²) in [5.41, 5.74) is 7.02. The van der Waals surface area contributed by atoms with Crippen LogP contribution in [0.25, 0.3) is 21.9 Å². The van der Waals surface area contributed by atoms with Crippen molar-refractivity contribution in [2.75, 3.05) is 50.1 Å². The zero-order chi connectivity index (χ0) is 27.3. The molecule has 6 rings (SSSR count). The fourth-order valence-electron chi connectivity index (χ4n) is 5.74. The average molecular weight is 524 g/mol. The summed E-state index contributed by atoms with van der Waals surface area (Å²) >= 11 is 0. The van der Waals surface area contributed by atoms with Gasteiger partial charge in [0.1, 0.15) is 11.5 Å². The van der Waals surface area contributed by atoms with Crippen LogP contribution in [0.5, 0.6) is 0 Å². The van der Waals surface area contributed by atoms with Crippen LogP contribution in [0, 0.1) is 6.92 Å². The summed E-state index contributed by atoms with van der Waals surface area (Å²) in [4.78, 5) is 36.6. The lowest BCUT2D eigenvalue weighted by Gasteiger charge is -2.33. The fraction of sp³-hybridized carbons (Fsp3) is 0.333. The van der Waals surface area contributed by atoms with Crippen molar-refractivity contribution in [1.29, 1.82) is 0 Å². The lowest BCUT2D eigenvalue weighted by Crippen LogP contribution is -2.48. The molecule has 0 aliphatic carbocycles. The number of fused-ring (bicyclic) bond motifs is 2. The van der Waals surface area contributed by atoms with E-state index in [0.717, 1.165) is 65.0 Å². The van der Waals surface area contributed by atoms with E-state index in [0.29, 0.717) is 18.8 Å². The van der Waals surface area contributed by atoms with E-state index in [4.69, 9.17) is 4.98 Å². The topological polar surface area (TPSA) is 86.6 Å². The van der Waals surface area contributed by atoms with E-state index in [-0.39, 0.29) is 11.8 Å². The van der Waals surface area contributed by atoms with Crippen molar-refractivity contribution in [2.45, 2.75) is 19.8 Å². The zero-order valence-electron chi connectivity index (χ0n) is 22.9. The van der Waals surface area contributed by atoms with Gasteiger partial charge in [-0.25, -0.2) is 4.98 Å². The Morgan fingerprint density at radius 2 is 1.87 bits per heavy atom. The third-order valence-corrected chi connectivity index (χ3v) is 7.79. The van der Waals surface area contributed by atoms with Gasteiger partial charge < -0.3 is 15.1 Å². The summed E-state index contributed by atoms with van der Waals surface area (Å²) in [5.74, 6) is 0.602. The number of pyridine rings is 1. The van der Waals surface area contributed by atoms with Crippen LogP contribution in [0.3, 0.4) is 0 Å². The van der Waals surface area contributed by atoms with Gasteiger partial charge in [0.25, 0.3) is 5.91 Å². The number of piperazine rings is 1. The number of carbonyl (C=O) groups is 2. The van der Waals surface area contributed by atoms with Gasteiger partial charge in [0.05, 0.1) is 12.7 Å². The molecule has 4 aromatic rings. The van der Waals surface area contributed by atoms with Gasteiger partial charge >= 0.3 is 0 Å². The van der Waals surface area contributed by atoms with Crippen molar-refractivity contribution < 1.29 is 9.59 Å². The predicted molar refractivity (Wildman–Crippen MR) is 154 cm³/mol. The number of nitrogens with one attached hydrogen (secondary N) is 1. The minimum atomic E-state index is -0.237. The average Bonchev–Trinajstić information content (AvgIpc) is 3.36. The molecule has 1 N–H and O–H groups in total. The van der Waals surface area contributed by atoms with Crippen LogP contribution < -0.4 is 15.1 Å². The lowest BCUT2D eigenvalue weighted by atomic mass is 9.93. The number of carbonyl (C=O) groups excluding carboxylic acids is 2. The molecule has 0 saturated carbocycles. The number of hydrogen-bond donors (Lipinski definition) is 1. The maximum absolute atomic E-state index is 12.8. The largest absolute Gasteiger partial charge is 0.354 e. The molecule has 1 fully saturated rings. The monoisotopic (exact) mass is 523 g/mol. The van der Waals surface area contributed by atoms with Gasteiger partial charge in [-0.1, -0.05) is 0 Å². The highest BCUT2D eigenvalue weighted by Crippen LogP contribution is 2.40. The van der Waals surface area contributed by atoms with Crippen LogP contribution in [-0.4, -0.2) is 71.8 Å². The predicted octanol–water partition coefficient (Wildman–Crippen LogP) is 3.67.